The average Bonchev–Trinajstić information content (AvgIpc) is 3.33. The first-order valence-corrected chi connectivity index (χ1v) is 13.1. The van der Waals surface area contributed by atoms with Gasteiger partial charge < -0.3 is 4.74 Å². The third-order valence-corrected chi connectivity index (χ3v) is 7.89. The maximum absolute atomic E-state index is 12.7. The number of methoxy groups -OCH3 is 1. The number of aryl methyl sites for hydroxylation is 1. The van der Waals surface area contributed by atoms with E-state index in [-0.39, 0.29) is 11.8 Å². The summed E-state index contributed by atoms with van der Waals surface area (Å²) < 4.78 is 33.5. The first-order chi connectivity index (χ1) is 15.0. The molecule has 1 aliphatic rings. The van der Waals surface area contributed by atoms with Gasteiger partial charge in [0.25, 0.3) is 0 Å². The Bertz CT molecular complexity index is 1080. The molecule has 0 saturated heterocycles. The molecule has 3 aromatic rings. The molecule has 1 atom stereocenters. The van der Waals surface area contributed by atoms with Crippen LogP contribution in [0, 0.1) is 0 Å². The molecule has 1 N–H and O–H groups in total. The highest BCUT2D eigenvalue weighted by Crippen LogP contribution is 2.29. The van der Waals surface area contributed by atoms with Crippen molar-refractivity contribution in [3.8, 4) is 5.75 Å². The predicted molar refractivity (Wildman–Crippen MR) is 126 cm³/mol. The predicted octanol–water partition coefficient (Wildman–Crippen LogP) is 4.02. The maximum atomic E-state index is 12.7. The number of benzene rings is 2. The quantitative estimate of drug-likeness (QED) is 0.528. The van der Waals surface area contributed by atoms with Gasteiger partial charge in [0, 0.05) is 25.7 Å². The van der Waals surface area contributed by atoms with Crippen LogP contribution in [-0.2, 0) is 29.4 Å². The molecular formula is C24H28N2O3S2. The van der Waals surface area contributed by atoms with E-state index >= 15 is 0 Å². The van der Waals surface area contributed by atoms with Crippen LogP contribution in [0.5, 0.6) is 5.75 Å². The molecule has 0 radical (unpaired) electrons. The minimum absolute atomic E-state index is 0.0235. The van der Waals surface area contributed by atoms with Crippen LogP contribution < -0.4 is 9.46 Å². The summed E-state index contributed by atoms with van der Waals surface area (Å²) in [6, 6.07) is 18.2. The number of sulfonamides is 1. The van der Waals surface area contributed by atoms with Crippen LogP contribution >= 0.6 is 11.3 Å². The molecule has 0 amide bonds. The van der Waals surface area contributed by atoms with Crippen LogP contribution in [-0.4, -0.2) is 39.3 Å². The van der Waals surface area contributed by atoms with E-state index in [1.54, 1.807) is 18.4 Å². The molecule has 2 heterocycles. The number of rotatable bonds is 9. The SMILES string of the molecule is COc1ccc(CCS(=O)(=O)NCC(c2ccsc2)N2CCc3ccccc3C2)cc1. The van der Waals surface area contributed by atoms with Crippen molar-refractivity contribution >= 4 is 21.4 Å². The molecule has 0 saturated carbocycles. The van der Waals surface area contributed by atoms with Gasteiger partial charge in [-0.15, -0.1) is 0 Å². The van der Waals surface area contributed by atoms with Crippen LogP contribution in [0.3, 0.4) is 0 Å². The lowest BCUT2D eigenvalue weighted by molar-refractivity contribution is 0.181. The lowest BCUT2D eigenvalue weighted by Crippen LogP contribution is -2.41. The summed E-state index contributed by atoms with van der Waals surface area (Å²) in [7, 11) is -1.77. The molecule has 164 valence electrons. The second kappa shape index (κ2) is 9.96. The lowest BCUT2D eigenvalue weighted by atomic mass is 9.97. The van der Waals surface area contributed by atoms with Crippen molar-refractivity contribution in [1.29, 1.82) is 0 Å². The molecule has 4 rings (SSSR count). The molecule has 7 heteroatoms. The fraction of sp³-hybridized carbons (Fsp3) is 0.333. The highest BCUT2D eigenvalue weighted by molar-refractivity contribution is 7.89. The minimum Gasteiger partial charge on any atom is -0.497 e. The Morgan fingerprint density at radius 1 is 1.10 bits per heavy atom. The number of hydrogen-bond donors (Lipinski definition) is 1. The Kier molecular flexibility index (Phi) is 7.07. The number of thiophene rings is 1. The van der Waals surface area contributed by atoms with Gasteiger partial charge in [-0.3, -0.25) is 4.90 Å². The summed E-state index contributed by atoms with van der Waals surface area (Å²) in [5.41, 5.74) is 4.87. The summed E-state index contributed by atoms with van der Waals surface area (Å²) in [6.45, 7) is 2.14. The summed E-state index contributed by atoms with van der Waals surface area (Å²) in [4.78, 5) is 2.39. The molecule has 0 spiro atoms. The van der Waals surface area contributed by atoms with Crippen molar-refractivity contribution in [3.63, 3.8) is 0 Å². The molecule has 1 aromatic heterocycles. The zero-order valence-electron chi connectivity index (χ0n) is 17.7. The smallest absolute Gasteiger partial charge is 0.211 e. The number of ether oxygens (including phenoxy) is 1. The van der Waals surface area contributed by atoms with Crippen LogP contribution in [0.15, 0.2) is 65.4 Å². The first-order valence-electron chi connectivity index (χ1n) is 10.5. The van der Waals surface area contributed by atoms with Gasteiger partial charge in [0.2, 0.25) is 10.0 Å². The average molecular weight is 457 g/mol. The Morgan fingerprint density at radius 3 is 2.58 bits per heavy atom. The zero-order chi connectivity index (χ0) is 21.7. The van der Waals surface area contributed by atoms with Crippen LogP contribution in [0.4, 0.5) is 0 Å². The fourth-order valence-electron chi connectivity index (χ4n) is 4.03. The summed E-state index contributed by atoms with van der Waals surface area (Å²) in [6.07, 6.45) is 1.46. The van der Waals surface area contributed by atoms with Gasteiger partial charge in [-0.25, -0.2) is 13.1 Å². The van der Waals surface area contributed by atoms with Gasteiger partial charge in [0.1, 0.15) is 5.75 Å². The van der Waals surface area contributed by atoms with Gasteiger partial charge in [0.05, 0.1) is 12.9 Å². The van der Waals surface area contributed by atoms with Crippen LogP contribution in [0.2, 0.25) is 0 Å². The van der Waals surface area contributed by atoms with Crippen molar-refractivity contribution in [2.24, 2.45) is 0 Å². The standard InChI is InChI=1S/C24H28N2O3S2/c1-29-23-8-6-19(7-9-23)12-15-31(27,28)25-16-24(22-11-14-30-18-22)26-13-10-20-4-2-3-5-21(20)17-26/h2-9,11,14,18,24-25H,10,12-13,15-17H2,1H3. The van der Waals surface area contributed by atoms with Crippen molar-refractivity contribution < 1.29 is 13.2 Å². The molecule has 0 aliphatic carbocycles. The highest BCUT2D eigenvalue weighted by atomic mass is 32.2. The molecular weight excluding hydrogens is 428 g/mol. The van der Waals surface area contributed by atoms with Gasteiger partial charge >= 0.3 is 0 Å². The first kappa shape index (κ1) is 22.0. The van der Waals surface area contributed by atoms with E-state index in [4.69, 9.17) is 4.74 Å². The summed E-state index contributed by atoms with van der Waals surface area (Å²) >= 11 is 1.65. The van der Waals surface area contributed by atoms with Crippen molar-refractivity contribution in [2.75, 3.05) is 26.0 Å². The van der Waals surface area contributed by atoms with E-state index < -0.39 is 10.0 Å². The molecule has 5 nitrogen and oxygen atoms in total. The third-order valence-electron chi connectivity index (χ3n) is 5.84. The molecule has 2 aromatic carbocycles. The number of hydrogen-bond acceptors (Lipinski definition) is 5. The van der Waals surface area contributed by atoms with E-state index in [0.29, 0.717) is 13.0 Å². The van der Waals surface area contributed by atoms with Crippen molar-refractivity contribution in [2.45, 2.75) is 25.4 Å². The van der Waals surface area contributed by atoms with Gasteiger partial charge in [-0.2, -0.15) is 11.3 Å². The van der Waals surface area contributed by atoms with Crippen molar-refractivity contribution in [3.05, 3.63) is 87.6 Å². The summed E-state index contributed by atoms with van der Waals surface area (Å²) in [5.74, 6) is 0.838. The van der Waals surface area contributed by atoms with Crippen LogP contribution in [0.25, 0.3) is 0 Å². The molecule has 0 bridgehead atoms. The Labute approximate surface area is 188 Å². The van der Waals surface area contributed by atoms with E-state index in [1.165, 1.54) is 16.7 Å². The largest absolute Gasteiger partial charge is 0.497 e. The lowest BCUT2D eigenvalue weighted by Gasteiger charge is -2.35. The van der Waals surface area contributed by atoms with Crippen molar-refractivity contribution in [1.82, 2.24) is 9.62 Å². The van der Waals surface area contributed by atoms with Gasteiger partial charge in [0.15, 0.2) is 0 Å². The Morgan fingerprint density at radius 2 is 1.87 bits per heavy atom. The van der Waals surface area contributed by atoms with E-state index in [1.807, 2.05) is 24.3 Å². The number of fused-ring (bicyclic) bond motifs is 1. The number of nitrogens with one attached hydrogen (secondary N) is 1. The monoisotopic (exact) mass is 456 g/mol. The molecule has 0 fully saturated rings. The molecule has 1 aliphatic heterocycles. The Balaban J connectivity index is 1.40. The fourth-order valence-corrected chi connectivity index (χ4v) is 5.80. The van der Waals surface area contributed by atoms with Gasteiger partial charge in [-0.05, 0) is 64.1 Å². The third kappa shape index (κ3) is 5.74. The minimum atomic E-state index is -3.39. The second-order valence-corrected chi connectivity index (χ2v) is 10.5. The van der Waals surface area contributed by atoms with Gasteiger partial charge in [-0.1, -0.05) is 36.4 Å². The van der Waals surface area contributed by atoms with E-state index in [0.717, 1.165) is 30.8 Å². The van der Waals surface area contributed by atoms with Crippen LogP contribution in [0.1, 0.15) is 28.3 Å². The molecule has 31 heavy (non-hydrogen) atoms. The van der Waals surface area contributed by atoms with E-state index in [9.17, 15) is 8.42 Å². The summed E-state index contributed by atoms with van der Waals surface area (Å²) in [5, 5.41) is 4.18. The Hall–Kier alpha value is -2.19. The highest BCUT2D eigenvalue weighted by Gasteiger charge is 2.26. The topological polar surface area (TPSA) is 58.6 Å². The zero-order valence-corrected chi connectivity index (χ0v) is 19.3. The number of nitrogens with zero attached hydrogens (tertiary/aromatic N) is 1. The second-order valence-electron chi connectivity index (χ2n) is 7.83. The normalized spacial score (nSPS) is 15.4. The van der Waals surface area contributed by atoms with E-state index in [2.05, 4.69) is 50.7 Å². The maximum Gasteiger partial charge on any atom is 0.211 e. The molecule has 1 unspecified atom stereocenters.